The van der Waals surface area contributed by atoms with Gasteiger partial charge in [0.25, 0.3) is 5.91 Å². The van der Waals surface area contributed by atoms with Gasteiger partial charge >= 0.3 is 0 Å². The molecular formula is C15H13ClN2O2. The molecule has 0 bridgehead atoms. The number of hydrogen-bond donors (Lipinski definition) is 2. The zero-order chi connectivity index (χ0) is 14.5. The van der Waals surface area contributed by atoms with E-state index in [-0.39, 0.29) is 12.5 Å². The molecule has 2 rings (SSSR count). The monoisotopic (exact) mass is 288 g/mol. The topological polar surface area (TPSA) is 54.3 Å². The normalized spacial score (nSPS) is 9.75. The lowest BCUT2D eigenvalue weighted by atomic mass is 10.2. The van der Waals surface area contributed by atoms with Crippen molar-refractivity contribution in [1.29, 1.82) is 0 Å². The summed E-state index contributed by atoms with van der Waals surface area (Å²) in [5.41, 5.74) is 1.93. The Balaban J connectivity index is 2.10. The van der Waals surface area contributed by atoms with Crippen molar-refractivity contribution in [2.75, 3.05) is 11.9 Å². The summed E-state index contributed by atoms with van der Waals surface area (Å²) in [6.45, 7) is -0.174. The van der Waals surface area contributed by atoms with Crippen LogP contribution < -0.4 is 5.32 Å². The molecule has 0 saturated heterocycles. The summed E-state index contributed by atoms with van der Waals surface area (Å²) in [6, 6.07) is 8.66. The molecule has 0 saturated carbocycles. The smallest absolute Gasteiger partial charge is 0.272 e. The second-order valence-corrected chi connectivity index (χ2v) is 4.58. The Labute approximate surface area is 122 Å². The zero-order valence-corrected chi connectivity index (χ0v) is 11.6. The van der Waals surface area contributed by atoms with Crippen LogP contribution in [0.5, 0.6) is 0 Å². The lowest BCUT2D eigenvalue weighted by Gasteiger charge is -2.06. The maximum absolute atomic E-state index is 12.1. The number of halogens is 1. The van der Waals surface area contributed by atoms with Crippen LogP contribution in [0.25, 0.3) is 0 Å². The molecule has 0 aliphatic heterocycles. The molecule has 1 heterocycles. The summed E-state index contributed by atoms with van der Waals surface area (Å²) in [5.74, 6) is 5.12. The van der Waals surface area contributed by atoms with Crippen LogP contribution in [-0.4, -0.2) is 22.2 Å². The van der Waals surface area contributed by atoms with Crippen molar-refractivity contribution in [3.8, 4) is 11.8 Å². The van der Waals surface area contributed by atoms with E-state index in [4.69, 9.17) is 16.7 Å². The first-order chi connectivity index (χ1) is 9.60. The van der Waals surface area contributed by atoms with Crippen LogP contribution in [0.15, 0.2) is 36.5 Å². The molecule has 0 spiro atoms. The minimum absolute atomic E-state index is 0.174. The Morgan fingerprint density at radius 1 is 1.40 bits per heavy atom. The highest BCUT2D eigenvalue weighted by atomic mass is 35.5. The van der Waals surface area contributed by atoms with Gasteiger partial charge in [0.05, 0.1) is 5.02 Å². The van der Waals surface area contributed by atoms with Crippen LogP contribution >= 0.6 is 11.6 Å². The summed E-state index contributed by atoms with van der Waals surface area (Å²) < 4.78 is 1.67. The molecular weight excluding hydrogens is 276 g/mol. The summed E-state index contributed by atoms with van der Waals surface area (Å²) >= 11 is 5.85. The highest BCUT2D eigenvalue weighted by Crippen LogP contribution is 2.15. The number of nitrogens with zero attached hydrogens (tertiary/aromatic N) is 1. The first-order valence-electron chi connectivity index (χ1n) is 5.93. The second-order valence-electron chi connectivity index (χ2n) is 4.15. The van der Waals surface area contributed by atoms with E-state index < -0.39 is 0 Å². The van der Waals surface area contributed by atoms with Gasteiger partial charge in [-0.2, -0.15) is 0 Å². The number of anilines is 1. The molecule has 1 aromatic heterocycles. The molecule has 102 valence electrons. The van der Waals surface area contributed by atoms with E-state index >= 15 is 0 Å². The summed E-state index contributed by atoms with van der Waals surface area (Å²) in [5, 5.41) is 11.9. The van der Waals surface area contributed by atoms with Gasteiger partial charge < -0.3 is 15.0 Å². The van der Waals surface area contributed by atoms with E-state index in [0.717, 1.165) is 5.56 Å². The van der Waals surface area contributed by atoms with Gasteiger partial charge in [-0.3, -0.25) is 4.79 Å². The van der Waals surface area contributed by atoms with Crippen molar-refractivity contribution in [2.45, 2.75) is 0 Å². The van der Waals surface area contributed by atoms with Crippen LogP contribution in [0.4, 0.5) is 5.69 Å². The van der Waals surface area contributed by atoms with Crippen LogP contribution in [0.1, 0.15) is 16.1 Å². The predicted molar refractivity (Wildman–Crippen MR) is 78.8 cm³/mol. The molecule has 2 aromatic rings. The Morgan fingerprint density at radius 2 is 2.10 bits per heavy atom. The first kappa shape index (κ1) is 14.2. The molecule has 5 heteroatoms. The van der Waals surface area contributed by atoms with Crippen LogP contribution in [0, 0.1) is 11.8 Å². The van der Waals surface area contributed by atoms with Gasteiger partial charge in [0, 0.05) is 24.5 Å². The average molecular weight is 289 g/mol. The molecule has 0 atom stereocenters. The molecule has 1 aromatic carbocycles. The van der Waals surface area contributed by atoms with E-state index in [1.807, 2.05) is 0 Å². The summed E-state index contributed by atoms with van der Waals surface area (Å²) in [4.78, 5) is 12.1. The minimum atomic E-state index is -0.228. The maximum Gasteiger partial charge on any atom is 0.272 e. The quantitative estimate of drug-likeness (QED) is 0.833. The third-order valence-corrected chi connectivity index (χ3v) is 2.87. The van der Waals surface area contributed by atoms with E-state index in [0.29, 0.717) is 16.4 Å². The summed E-state index contributed by atoms with van der Waals surface area (Å²) in [6.07, 6.45) is 1.67. The fourth-order valence-corrected chi connectivity index (χ4v) is 1.97. The molecule has 0 aliphatic carbocycles. The number of aliphatic hydroxyl groups excluding tert-OH is 1. The zero-order valence-electron chi connectivity index (χ0n) is 10.9. The van der Waals surface area contributed by atoms with E-state index in [1.54, 1.807) is 48.1 Å². The number of carbonyl (C=O) groups excluding carboxylic acids is 1. The molecule has 20 heavy (non-hydrogen) atoms. The van der Waals surface area contributed by atoms with Gasteiger partial charge in [-0.15, -0.1) is 0 Å². The number of amides is 1. The van der Waals surface area contributed by atoms with Crippen molar-refractivity contribution < 1.29 is 9.90 Å². The third kappa shape index (κ3) is 3.41. The van der Waals surface area contributed by atoms with Gasteiger partial charge in [-0.25, -0.2) is 0 Å². The minimum Gasteiger partial charge on any atom is -0.384 e. The van der Waals surface area contributed by atoms with E-state index in [2.05, 4.69) is 17.2 Å². The van der Waals surface area contributed by atoms with Crippen molar-refractivity contribution in [3.05, 3.63) is 52.8 Å². The third-order valence-electron chi connectivity index (χ3n) is 2.66. The van der Waals surface area contributed by atoms with Gasteiger partial charge in [0.15, 0.2) is 0 Å². The molecule has 0 fully saturated rings. The van der Waals surface area contributed by atoms with Crippen molar-refractivity contribution >= 4 is 23.2 Å². The SMILES string of the molecule is Cn1cc(Cl)cc1C(=O)Nc1ccc(C#CCO)cc1. The summed E-state index contributed by atoms with van der Waals surface area (Å²) in [7, 11) is 1.76. The molecule has 0 radical (unpaired) electrons. The van der Waals surface area contributed by atoms with Gasteiger partial charge in [0.1, 0.15) is 12.3 Å². The molecule has 0 unspecified atom stereocenters. The number of aromatic nitrogens is 1. The number of hydrogen-bond acceptors (Lipinski definition) is 2. The van der Waals surface area contributed by atoms with Crippen LogP contribution in [0.2, 0.25) is 5.02 Å². The number of aliphatic hydroxyl groups is 1. The van der Waals surface area contributed by atoms with Gasteiger partial charge in [-0.1, -0.05) is 23.4 Å². The van der Waals surface area contributed by atoms with E-state index in [1.165, 1.54) is 0 Å². The Hall–Kier alpha value is -2.22. The van der Waals surface area contributed by atoms with Gasteiger partial charge in [0.2, 0.25) is 0 Å². The predicted octanol–water partition coefficient (Wildman–Crippen LogP) is 2.27. The first-order valence-corrected chi connectivity index (χ1v) is 6.31. The fourth-order valence-electron chi connectivity index (χ4n) is 1.72. The number of carbonyl (C=O) groups is 1. The maximum atomic E-state index is 12.1. The Morgan fingerprint density at radius 3 is 2.65 bits per heavy atom. The second kappa shape index (κ2) is 6.29. The Kier molecular flexibility index (Phi) is 4.46. The number of rotatable bonds is 2. The highest BCUT2D eigenvalue weighted by Gasteiger charge is 2.11. The molecule has 0 aliphatic rings. The van der Waals surface area contributed by atoms with Crippen molar-refractivity contribution in [2.24, 2.45) is 7.05 Å². The largest absolute Gasteiger partial charge is 0.384 e. The number of nitrogens with one attached hydrogen (secondary N) is 1. The lowest BCUT2D eigenvalue weighted by molar-refractivity contribution is 0.101. The standard InChI is InChI=1S/C15H13ClN2O2/c1-18-10-12(16)9-14(18)15(20)17-13-6-4-11(5-7-13)3-2-8-19/h4-7,9-10,19H,8H2,1H3,(H,17,20). The van der Waals surface area contributed by atoms with Crippen molar-refractivity contribution in [3.63, 3.8) is 0 Å². The number of aryl methyl sites for hydroxylation is 1. The fraction of sp³-hybridized carbons (Fsp3) is 0.133. The highest BCUT2D eigenvalue weighted by molar-refractivity contribution is 6.31. The molecule has 1 amide bonds. The van der Waals surface area contributed by atoms with Crippen LogP contribution in [0.3, 0.4) is 0 Å². The molecule has 2 N–H and O–H groups in total. The average Bonchev–Trinajstić information content (AvgIpc) is 2.77. The van der Waals surface area contributed by atoms with E-state index in [9.17, 15) is 4.79 Å². The van der Waals surface area contributed by atoms with Crippen LogP contribution in [-0.2, 0) is 7.05 Å². The number of benzene rings is 1. The lowest BCUT2D eigenvalue weighted by Crippen LogP contribution is -2.15. The van der Waals surface area contributed by atoms with Gasteiger partial charge in [-0.05, 0) is 30.3 Å². The van der Waals surface area contributed by atoms with Crippen molar-refractivity contribution in [1.82, 2.24) is 4.57 Å². The molecule has 4 nitrogen and oxygen atoms in total. The Bertz CT molecular complexity index is 678.